The first kappa shape index (κ1) is 11.1. The van der Waals surface area contributed by atoms with Gasteiger partial charge in [-0.25, -0.2) is 0 Å². The third-order valence-corrected chi connectivity index (χ3v) is 3.17. The number of likely N-dealkylation sites (N-methyl/N-ethyl adjacent to an activating group) is 1. The number of nitrogen functional groups attached to an aromatic ring is 1. The second-order valence-electron chi connectivity index (χ2n) is 4.45. The Morgan fingerprint density at radius 3 is 2.62 bits per heavy atom. The van der Waals surface area contributed by atoms with E-state index in [4.69, 9.17) is 10.5 Å². The average Bonchev–Trinajstić information content (AvgIpc) is 2.17. The molecule has 4 nitrogen and oxygen atoms in total. The van der Waals surface area contributed by atoms with Crippen LogP contribution in [0.4, 0.5) is 11.4 Å². The molecule has 1 saturated heterocycles. The van der Waals surface area contributed by atoms with Gasteiger partial charge in [0.15, 0.2) is 0 Å². The highest BCUT2D eigenvalue weighted by Gasteiger charge is 2.28. The fraction of sp³-hybridized carbons (Fsp3) is 0.500. The Bertz CT molecular complexity index is 373. The summed E-state index contributed by atoms with van der Waals surface area (Å²) in [6.07, 6.45) is 0. The molecule has 4 heteroatoms. The molecule has 2 rings (SSSR count). The number of benzene rings is 1. The van der Waals surface area contributed by atoms with E-state index >= 15 is 0 Å². The summed E-state index contributed by atoms with van der Waals surface area (Å²) in [5.41, 5.74) is 7.66. The molecule has 1 heterocycles. The molecule has 88 valence electrons. The fourth-order valence-electron chi connectivity index (χ4n) is 1.89. The summed E-state index contributed by atoms with van der Waals surface area (Å²) in [6.45, 7) is 2.14. The van der Waals surface area contributed by atoms with Gasteiger partial charge in [0.1, 0.15) is 5.75 Å². The Labute approximate surface area is 96.6 Å². The monoisotopic (exact) mass is 221 g/mol. The molecule has 1 aliphatic heterocycles. The number of nitrogens with zero attached hydrogens (tertiary/aromatic N) is 2. The maximum absolute atomic E-state index is 5.78. The highest BCUT2D eigenvalue weighted by atomic mass is 16.5. The van der Waals surface area contributed by atoms with Crippen LogP contribution in [0.25, 0.3) is 0 Å². The summed E-state index contributed by atoms with van der Waals surface area (Å²) in [6, 6.07) is 6.60. The van der Waals surface area contributed by atoms with E-state index in [1.165, 1.54) is 5.69 Å². The predicted molar refractivity (Wildman–Crippen MR) is 67.1 cm³/mol. The van der Waals surface area contributed by atoms with E-state index in [0.29, 0.717) is 11.7 Å². The molecular formula is C12H19N3O. The van der Waals surface area contributed by atoms with Crippen molar-refractivity contribution < 1.29 is 4.74 Å². The van der Waals surface area contributed by atoms with Gasteiger partial charge in [0.25, 0.3) is 0 Å². The third kappa shape index (κ3) is 1.93. The zero-order valence-corrected chi connectivity index (χ0v) is 10.1. The van der Waals surface area contributed by atoms with E-state index in [1.54, 1.807) is 7.11 Å². The van der Waals surface area contributed by atoms with Gasteiger partial charge in [0.2, 0.25) is 0 Å². The highest BCUT2D eigenvalue weighted by Crippen LogP contribution is 2.30. The number of hydrogen-bond donors (Lipinski definition) is 1. The number of methoxy groups -OCH3 is 1. The lowest BCUT2D eigenvalue weighted by atomic mass is 10.1. The van der Waals surface area contributed by atoms with Crippen molar-refractivity contribution in [2.75, 3.05) is 44.9 Å². The van der Waals surface area contributed by atoms with E-state index in [-0.39, 0.29) is 0 Å². The van der Waals surface area contributed by atoms with Crippen molar-refractivity contribution >= 4 is 11.4 Å². The Morgan fingerprint density at radius 1 is 1.38 bits per heavy atom. The standard InChI is InChI=1S/C12H19N3O/c1-14(2)10-7-15(8-10)9-4-5-11(13)12(6-9)16-3/h4-6,10H,7-8,13H2,1-3H3. The van der Waals surface area contributed by atoms with Gasteiger partial charge in [-0.2, -0.15) is 0 Å². The molecule has 0 saturated carbocycles. The molecule has 0 bridgehead atoms. The smallest absolute Gasteiger partial charge is 0.143 e. The van der Waals surface area contributed by atoms with Crippen LogP contribution in [0.1, 0.15) is 0 Å². The minimum absolute atomic E-state index is 0.656. The quantitative estimate of drug-likeness (QED) is 0.774. The molecule has 1 aliphatic rings. The topological polar surface area (TPSA) is 41.7 Å². The molecule has 0 amide bonds. The largest absolute Gasteiger partial charge is 0.495 e. The number of anilines is 2. The zero-order valence-electron chi connectivity index (χ0n) is 10.1. The van der Waals surface area contributed by atoms with E-state index in [9.17, 15) is 0 Å². The van der Waals surface area contributed by atoms with Crippen LogP contribution in [-0.4, -0.2) is 45.2 Å². The van der Waals surface area contributed by atoms with Gasteiger partial charge in [0.05, 0.1) is 12.8 Å². The number of hydrogen-bond acceptors (Lipinski definition) is 4. The number of nitrogens with two attached hydrogens (primary N) is 1. The van der Waals surface area contributed by atoms with E-state index in [1.807, 2.05) is 18.2 Å². The minimum Gasteiger partial charge on any atom is -0.495 e. The van der Waals surface area contributed by atoms with Crippen LogP contribution in [0.15, 0.2) is 18.2 Å². The van der Waals surface area contributed by atoms with Crippen molar-refractivity contribution in [1.82, 2.24) is 4.90 Å². The molecule has 1 aromatic carbocycles. The van der Waals surface area contributed by atoms with Crippen molar-refractivity contribution in [3.8, 4) is 5.75 Å². The Balaban J connectivity index is 2.06. The van der Waals surface area contributed by atoms with Crippen molar-refractivity contribution in [3.05, 3.63) is 18.2 Å². The van der Waals surface area contributed by atoms with Crippen molar-refractivity contribution in [2.45, 2.75) is 6.04 Å². The Hall–Kier alpha value is -1.42. The van der Waals surface area contributed by atoms with Gasteiger partial charge in [0, 0.05) is 30.9 Å². The highest BCUT2D eigenvalue weighted by molar-refractivity contribution is 5.63. The first-order chi connectivity index (χ1) is 7.61. The van der Waals surface area contributed by atoms with Gasteiger partial charge in [-0.15, -0.1) is 0 Å². The van der Waals surface area contributed by atoms with Crippen molar-refractivity contribution in [1.29, 1.82) is 0 Å². The summed E-state index contributed by atoms with van der Waals surface area (Å²) in [4.78, 5) is 4.58. The maximum atomic E-state index is 5.78. The number of ether oxygens (including phenoxy) is 1. The lowest BCUT2D eigenvalue weighted by molar-refractivity contribution is 0.247. The molecule has 1 fully saturated rings. The minimum atomic E-state index is 0.656. The van der Waals surface area contributed by atoms with Crippen molar-refractivity contribution in [3.63, 3.8) is 0 Å². The molecule has 1 aromatic rings. The summed E-state index contributed by atoms with van der Waals surface area (Å²) in [7, 11) is 5.88. The molecule has 0 unspecified atom stereocenters. The van der Waals surface area contributed by atoms with Gasteiger partial charge in [-0.3, -0.25) is 0 Å². The molecular weight excluding hydrogens is 202 g/mol. The fourth-order valence-corrected chi connectivity index (χ4v) is 1.89. The lowest BCUT2D eigenvalue weighted by Crippen LogP contribution is -2.57. The van der Waals surface area contributed by atoms with Gasteiger partial charge >= 0.3 is 0 Å². The first-order valence-electron chi connectivity index (χ1n) is 5.46. The van der Waals surface area contributed by atoms with Crippen LogP contribution in [0.3, 0.4) is 0 Å². The van der Waals surface area contributed by atoms with Crippen molar-refractivity contribution in [2.24, 2.45) is 0 Å². The van der Waals surface area contributed by atoms with Gasteiger partial charge in [-0.05, 0) is 26.2 Å². The Kier molecular flexibility index (Phi) is 2.92. The molecule has 0 atom stereocenters. The van der Waals surface area contributed by atoms with Crippen LogP contribution in [0.2, 0.25) is 0 Å². The van der Waals surface area contributed by atoms with E-state index < -0.39 is 0 Å². The van der Waals surface area contributed by atoms with Gasteiger partial charge in [-0.1, -0.05) is 0 Å². The molecule has 0 aromatic heterocycles. The summed E-state index contributed by atoms with van der Waals surface area (Å²) in [5.74, 6) is 0.755. The second-order valence-corrected chi connectivity index (χ2v) is 4.45. The van der Waals surface area contributed by atoms with E-state index in [2.05, 4.69) is 23.9 Å². The average molecular weight is 221 g/mol. The summed E-state index contributed by atoms with van der Waals surface area (Å²) >= 11 is 0. The summed E-state index contributed by atoms with van der Waals surface area (Å²) in [5, 5.41) is 0. The molecule has 0 aliphatic carbocycles. The maximum Gasteiger partial charge on any atom is 0.143 e. The molecule has 0 spiro atoms. The van der Waals surface area contributed by atoms with Gasteiger partial charge < -0.3 is 20.3 Å². The predicted octanol–water partition coefficient (Wildman–Crippen LogP) is 1.03. The second kappa shape index (κ2) is 4.22. The third-order valence-electron chi connectivity index (χ3n) is 3.17. The van der Waals surface area contributed by atoms with Crippen LogP contribution < -0.4 is 15.4 Å². The first-order valence-corrected chi connectivity index (χ1v) is 5.46. The molecule has 2 N–H and O–H groups in total. The molecule has 16 heavy (non-hydrogen) atoms. The summed E-state index contributed by atoms with van der Waals surface area (Å²) < 4.78 is 5.22. The lowest BCUT2D eigenvalue weighted by Gasteiger charge is -2.44. The number of rotatable bonds is 3. The normalized spacial score (nSPS) is 16.4. The molecule has 0 radical (unpaired) electrons. The zero-order chi connectivity index (χ0) is 11.7. The van der Waals surface area contributed by atoms with Crippen LogP contribution in [0, 0.1) is 0 Å². The van der Waals surface area contributed by atoms with E-state index in [0.717, 1.165) is 18.8 Å². The van der Waals surface area contributed by atoms with Crippen LogP contribution >= 0.6 is 0 Å². The SMILES string of the molecule is COc1cc(N2CC(N(C)C)C2)ccc1N. The van der Waals surface area contributed by atoms with Crippen LogP contribution in [0.5, 0.6) is 5.75 Å². The van der Waals surface area contributed by atoms with Crippen LogP contribution in [-0.2, 0) is 0 Å². The Morgan fingerprint density at radius 2 is 2.06 bits per heavy atom.